The maximum Gasteiger partial charge on any atom is 0.0608 e. The van der Waals surface area contributed by atoms with E-state index >= 15 is 0 Å². The maximum atomic E-state index is 6.53. The monoisotopic (exact) mass is 351 g/mol. The van der Waals surface area contributed by atoms with Gasteiger partial charge in [0.15, 0.2) is 0 Å². The highest BCUT2D eigenvalue weighted by Crippen LogP contribution is 2.32. The summed E-state index contributed by atoms with van der Waals surface area (Å²) < 4.78 is 6.53. The quantitative estimate of drug-likeness (QED) is 0.758. The molecule has 0 aromatic carbocycles. The molecule has 3 saturated heterocycles. The molecule has 25 heavy (non-hydrogen) atoms. The zero-order chi connectivity index (χ0) is 17.9. The van der Waals surface area contributed by atoms with E-state index in [1.165, 1.54) is 84.3 Å². The third-order valence-electron chi connectivity index (χ3n) is 6.88. The Morgan fingerprint density at radius 3 is 2.36 bits per heavy atom. The van der Waals surface area contributed by atoms with E-state index in [2.05, 4.69) is 42.5 Å². The molecule has 3 aliphatic rings. The van der Waals surface area contributed by atoms with Crippen molar-refractivity contribution in [2.45, 2.75) is 77.0 Å². The SMILES string of the molecule is CCN1CCCC(CN2CCC(OC3CCN(C)CC3)CC2(C)C)C1. The van der Waals surface area contributed by atoms with Crippen LogP contribution in [0.4, 0.5) is 0 Å². The van der Waals surface area contributed by atoms with E-state index in [0.29, 0.717) is 12.2 Å². The fourth-order valence-corrected chi connectivity index (χ4v) is 5.14. The van der Waals surface area contributed by atoms with Crippen LogP contribution in [0.3, 0.4) is 0 Å². The molecule has 0 aromatic heterocycles. The van der Waals surface area contributed by atoms with E-state index in [4.69, 9.17) is 4.74 Å². The van der Waals surface area contributed by atoms with Gasteiger partial charge in [0.05, 0.1) is 12.2 Å². The fraction of sp³-hybridized carbons (Fsp3) is 1.00. The van der Waals surface area contributed by atoms with E-state index in [0.717, 1.165) is 5.92 Å². The number of piperidine rings is 3. The number of hydrogen-bond acceptors (Lipinski definition) is 4. The normalized spacial score (nSPS) is 33.6. The molecule has 0 aromatic rings. The van der Waals surface area contributed by atoms with E-state index in [1.54, 1.807) is 0 Å². The van der Waals surface area contributed by atoms with E-state index in [9.17, 15) is 0 Å². The number of ether oxygens (including phenoxy) is 1. The minimum Gasteiger partial charge on any atom is -0.375 e. The van der Waals surface area contributed by atoms with Crippen LogP contribution in [-0.2, 0) is 4.74 Å². The van der Waals surface area contributed by atoms with Crippen LogP contribution in [0.15, 0.2) is 0 Å². The van der Waals surface area contributed by atoms with Gasteiger partial charge in [-0.05, 0) is 78.4 Å². The first-order valence-electron chi connectivity index (χ1n) is 10.8. The minimum absolute atomic E-state index is 0.281. The van der Waals surface area contributed by atoms with Gasteiger partial charge in [0.1, 0.15) is 0 Å². The molecule has 0 saturated carbocycles. The third kappa shape index (κ3) is 5.41. The van der Waals surface area contributed by atoms with Gasteiger partial charge in [-0.15, -0.1) is 0 Å². The summed E-state index contributed by atoms with van der Waals surface area (Å²) in [4.78, 5) is 7.83. The molecule has 2 atom stereocenters. The van der Waals surface area contributed by atoms with Crippen molar-refractivity contribution in [2.24, 2.45) is 5.92 Å². The van der Waals surface area contributed by atoms with Gasteiger partial charge in [-0.25, -0.2) is 0 Å². The number of likely N-dealkylation sites (tertiary alicyclic amines) is 3. The van der Waals surface area contributed by atoms with Gasteiger partial charge in [-0.1, -0.05) is 6.92 Å². The first-order valence-corrected chi connectivity index (χ1v) is 10.8. The Hall–Kier alpha value is -0.160. The van der Waals surface area contributed by atoms with Gasteiger partial charge >= 0.3 is 0 Å². The lowest BCUT2D eigenvalue weighted by Gasteiger charge is -2.48. The van der Waals surface area contributed by atoms with Crippen molar-refractivity contribution in [1.82, 2.24) is 14.7 Å². The molecule has 0 bridgehead atoms. The highest BCUT2D eigenvalue weighted by atomic mass is 16.5. The Morgan fingerprint density at radius 1 is 0.960 bits per heavy atom. The first kappa shape index (κ1) is 19.6. The van der Waals surface area contributed by atoms with Gasteiger partial charge in [0.25, 0.3) is 0 Å². The molecule has 0 N–H and O–H groups in total. The molecule has 0 spiro atoms. The van der Waals surface area contributed by atoms with Crippen LogP contribution in [0.1, 0.15) is 59.3 Å². The average molecular weight is 352 g/mol. The Labute approximate surface area is 155 Å². The van der Waals surface area contributed by atoms with Gasteiger partial charge in [-0.2, -0.15) is 0 Å². The summed E-state index contributed by atoms with van der Waals surface area (Å²) in [6.07, 6.45) is 8.62. The lowest BCUT2D eigenvalue weighted by Crippen LogP contribution is -2.55. The van der Waals surface area contributed by atoms with Gasteiger partial charge in [-0.3, -0.25) is 4.90 Å². The van der Waals surface area contributed by atoms with Crippen LogP contribution in [0.2, 0.25) is 0 Å². The van der Waals surface area contributed by atoms with Crippen LogP contribution >= 0.6 is 0 Å². The molecule has 3 rings (SSSR count). The Bertz CT molecular complexity index is 406. The second kappa shape index (κ2) is 8.69. The summed E-state index contributed by atoms with van der Waals surface area (Å²) in [5.74, 6) is 0.860. The van der Waals surface area contributed by atoms with E-state index < -0.39 is 0 Å². The summed E-state index contributed by atoms with van der Waals surface area (Å²) in [6.45, 7) is 15.9. The zero-order valence-corrected chi connectivity index (χ0v) is 17.2. The molecule has 3 aliphatic heterocycles. The smallest absolute Gasteiger partial charge is 0.0608 e. The van der Waals surface area contributed by atoms with Crippen LogP contribution < -0.4 is 0 Å². The highest BCUT2D eigenvalue weighted by Gasteiger charge is 2.37. The molecule has 0 aliphatic carbocycles. The van der Waals surface area contributed by atoms with Gasteiger partial charge in [0, 0.05) is 38.3 Å². The molecule has 4 nitrogen and oxygen atoms in total. The van der Waals surface area contributed by atoms with Gasteiger partial charge in [0.2, 0.25) is 0 Å². The topological polar surface area (TPSA) is 19.0 Å². The molecule has 2 unspecified atom stereocenters. The highest BCUT2D eigenvalue weighted by molar-refractivity contribution is 4.92. The summed E-state index contributed by atoms with van der Waals surface area (Å²) in [7, 11) is 2.22. The number of nitrogens with zero attached hydrogens (tertiary/aromatic N) is 3. The average Bonchev–Trinajstić information content (AvgIpc) is 2.59. The molecule has 4 heteroatoms. The molecular formula is C21H41N3O. The van der Waals surface area contributed by atoms with Crippen LogP contribution in [0.5, 0.6) is 0 Å². The van der Waals surface area contributed by atoms with Crippen molar-refractivity contribution in [2.75, 3.05) is 52.9 Å². The van der Waals surface area contributed by atoms with Crippen molar-refractivity contribution in [3.8, 4) is 0 Å². The molecule has 0 amide bonds. The predicted molar refractivity (Wildman–Crippen MR) is 105 cm³/mol. The Morgan fingerprint density at radius 2 is 1.68 bits per heavy atom. The fourth-order valence-electron chi connectivity index (χ4n) is 5.14. The summed E-state index contributed by atoms with van der Waals surface area (Å²) in [5.41, 5.74) is 0.281. The van der Waals surface area contributed by atoms with E-state index in [-0.39, 0.29) is 5.54 Å². The van der Waals surface area contributed by atoms with Crippen molar-refractivity contribution >= 4 is 0 Å². The lowest BCUT2D eigenvalue weighted by molar-refractivity contribution is -0.0943. The summed E-state index contributed by atoms with van der Waals surface area (Å²) in [6, 6.07) is 0. The standard InChI is InChI=1S/C21H41N3O/c1-5-23-11-6-7-18(16-23)17-24-14-10-20(15-21(24,2)3)25-19-8-12-22(4)13-9-19/h18-20H,5-17H2,1-4H3. The van der Waals surface area contributed by atoms with Crippen molar-refractivity contribution in [1.29, 1.82) is 0 Å². The predicted octanol–water partition coefficient (Wildman–Crippen LogP) is 3.07. The molecule has 146 valence electrons. The first-order chi connectivity index (χ1) is 12.0. The second-order valence-electron chi connectivity index (χ2n) is 9.41. The number of rotatable bonds is 5. The third-order valence-corrected chi connectivity index (χ3v) is 6.88. The molecule has 3 fully saturated rings. The molecule has 3 heterocycles. The van der Waals surface area contributed by atoms with Gasteiger partial charge < -0.3 is 14.5 Å². The lowest BCUT2D eigenvalue weighted by atomic mass is 9.86. The maximum absolute atomic E-state index is 6.53. The van der Waals surface area contributed by atoms with Crippen LogP contribution in [0, 0.1) is 5.92 Å². The van der Waals surface area contributed by atoms with E-state index in [1.807, 2.05) is 0 Å². The molecular weight excluding hydrogens is 310 g/mol. The van der Waals surface area contributed by atoms with Crippen LogP contribution in [0.25, 0.3) is 0 Å². The molecule has 0 radical (unpaired) electrons. The second-order valence-corrected chi connectivity index (χ2v) is 9.41. The summed E-state index contributed by atoms with van der Waals surface area (Å²) >= 11 is 0. The summed E-state index contributed by atoms with van der Waals surface area (Å²) in [5, 5.41) is 0. The van der Waals surface area contributed by atoms with Crippen molar-refractivity contribution in [3.05, 3.63) is 0 Å². The zero-order valence-electron chi connectivity index (χ0n) is 17.2. The number of hydrogen-bond donors (Lipinski definition) is 0. The van der Waals surface area contributed by atoms with Crippen molar-refractivity contribution in [3.63, 3.8) is 0 Å². The van der Waals surface area contributed by atoms with Crippen molar-refractivity contribution < 1.29 is 4.74 Å². The largest absolute Gasteiger partial charge is 0.375 e. The minimum atomic E-state index is 0.281. The van der Waals surface area contributed by atoms with Crippen LogP contribution in [-0.4, -0.2) is 85.3 Å². The Balaban J connectivity index is 1.47. The Kier molecular flexibility index (Phi) is 6.81.